The predicted molar refractivity (Wildman–Crippen MR) is 65.9 cm³/mol. The molecule has 0 saturated carbocycles. The van der Waals surface area contributed by atoms with Crippen LogP contribution in [0.4, 0.5) is 8.78 Å². The van der Waals surface area contributed by atoms with E-state index < -0.39 is 29.6 Å². The molecule has 19 heavy (non-hydrogen) atoms. The maximum absolute atomic E-state index is 13.1. The molecule has 0 aliphatic carbocycles. The van der Waals surface area contributed by atoms with Crippen molar-refractivity contribution in [2.45, 2.75) is 18.3 Å². The van der Waals surface area contributed by atoms with Crippen molar-refractivity contribution in [3.8, 4) is 0 Å². The third kappa shape index (κ3) is 2.70. The Morgan fingerprint density at radius 2 is 1.89 bits per heavy atom. The van der Waals surface area contributed by atoms with Gasteiger partial charge in [0.1, 0.15) is 17.7 Å². The summed E-state index contributed by atoms with van der Waals surface area (Å²) in [6, 6.07) is 1.49. The molecule has 0 aromatic heterocycles. The van der Waals surface area contributed by atoms with E-state index >= 15 is 0 Å². The molecule has 1 heterocycles. The van der Waals surface area contributed by atoms with Crippen LogP contribution in [0.25, 0.3) is 0 Å². The molecule has 0 bridgehead atoms. The summed E-state index contributed by atoms with van der Waals surface area (Å²) in [7, 11) is 0. The third-order valence-electron chi connectivity index (χ3n) is 2.85. The van der Waals surface area contributed by atoms with Crippen molar-refractivity contribution in [1.29, 1.82) is 0 Å². The van der Waals surface area contributed by atoms with Gasteiger partial charge in [0, 0.05) is 17.4 Å². The van der Waals surface area contributed by atoms with E-state index in [0.29, 0.717) is 6.07 Å². The van der Waals surface area contributed by atoms with Crippen molar-refractivity contribution < 1.29 is 23.5 Å². The normalized spacial score (nSPS) is 22.6. The van der Waals surface area contributed by atoms with E-state index in [-0.39, 0.29) is 16.7 Å². The summed E-state index contributed by atoms with van der Waals surface area (Å²) in [5.41, 5.74) is -0.182. The van der Waals surface area contributed by atoms with Crippen LogP contribution in [0.15, 0.2) is 18.2 Å². The van der Waals surface area contributed by atoms with Gasteiger partial charge in [-0.1, -0.05) is 0 Å². The van der Waals surface area contributed by atoms with Gasteiger partial charge in [-0.05, 0) is 19.1 Å². The minimum atomic E-state index is -1.12. The van der Waals surface area contributed by atoms with Gasteiger partial charge in [0.25, 0.3) is 5.91 Å². The van der Waals surface area contributed by atoms with E-state index in [1.807, 2.05) is 0 Å². The average Bonchev–Trinajstić information content (AvgIpc) is 2.69. The molecule has 1 amide bonds. The van der Waals surface area contributed by atoms with Gasteiger partial charge >= 0.3 is 5.97 Å². The number of carboxylic acids is 1. The fraction of sp³-hybridized carbons (Fsp3) is 0.333. The SMILES string of the molecule is CC1SCC(C(=O)O)N1C(=O)c1cc(F)cc(F)c1. The van der Waals surface area contributed by atoms with Crippen LogP contribution in [-0.2, 0) is 4.79 Å². The van der Waals surface area contributed by atoms with Crippen LogP contribution in [0.2, 0.25) is 0 Å². The molecule has 0 spiro atoms. The summed E-state index contributed by atoms with van der Waals surface area (Å²) in [6.45, 7) is 1.68. The zero-order valence-corrected chi connectivity index (χ0v) is 10.8. The van der Waals surface area contributed by atoms with E-state index in [9.17, 15) is 18.4 Å². The molecule has 1 N–H and O–H groups in total. The number of amides is 1. The Balaban J connectivity index is 2.34. The molecule has 0 radical (unpaired) electrons. The van der Waals surface area contributed by atoms with Gasteiger partial charge < -0.3 is 10.0 Å². The third-order valence-corrected chi connectivity index (χ3v) is 4.07. The first-order valence-corrected chi connectivity index (χ1v) is 6.58. The minimum absolute atomic E-state index is 0.182. The lowest BCUT2D eigenvalue weighted by Crippen LogP contribution is -2.44. The van der Waals surface area contributed by atoms with E-state index in [1.165, 1.54) is 11.8 Å². The minimum Gasteiger partial charge on any atom is -0.480 e. The highest BCUT2D eigenvalue weighted by molar-refractivity contribution is 8.00. The number of nitrogens with zero attached hydrogens (tertiary/aromatic N) is 1. The number of carbonyl (C=O) groups is 2. The number of hydrogen-bond donors (Lipinski definition) is 1. The summed E-state index contributed by atoms with van der Waals surface area (Å²) in [5.74, 6) is -3.27. The van der Waals surface area contributed by atoms with Crippen LogP contribution < -0.4 is 0 Å². The number of rotatable bonds is 2. The molecule has 4 nitrogen and oxygen atoms in total. The van der Waals surface area contributed by atoms with Crippen molar-refractivity contribution in [2.24, 2.45) is 0 Å². The zero-order valence-electron chi connectivity index (χ0n) is 9.97. The van der Waals surface area contributed by atoms with Gasteiger partial charge in [0.2, 0.25) is 0 Å². The van der Waals surface area contributed by atoms with Crippen molar-refractivity contribution in [3.63, 3.8) is 0 Å². The molecule has 2 atom stereocenters. The lowest BCUT2D eigenvalue weighted by Gasteiger charge is -2.25. The summed E-state index contributed by atoms with van der Waals surface area (Å²) < 4.78 is 26.2. The van der Waals surface area contributed by atoms with E-state index in [2.05, 4.69) is 0 Å². The Labute approximate surface area is 112 Å². The van der Waals surface area contributed by atoms with Crippen LogP contribution in [0.1, 0.15) is 17.3 Å². The molecule has 1 saturated heterocycles. The second-order valence-corrected chi connectivity index (χ2v) is 5.51. The van der Waals surface area contributed by atoms with Crippen molar-refractivity contribution in [3.05, 3.63) is 35.4 Å². The van der Waals surface area contributed by atoms with Crippen LogP contribution >= 0.6 is 11.8 Å². The molecule has 2 unspecified atom stereocenters. The molecule has 102 valence electrons. The number of halogens is 2. The van der Waals surface area contributed by atoms with Crippen LogP contribution in [0, 0.1) is 11.6 Å². The Hall–Kier alpha value is -1.63. The summed E-state index contributed by atoms with van der Waals surface area (Å²) in [5, 5.41) is 8.70. The molecule has 1 fully saturated rings. The van der Waals surface area contributed by atoms with Crippen LogP contribution in [-0.4, -0.2) is 39.1 Å². The van der Waals surface area contributed by atoms with E-state index in [4.69, 9.17) is 5.11 Å². The molecule has 1 aliphatic rings. The molecule has 7 heteroatoms. The lowest BCUT2D eigenvalue weighted by atomic mass is 10.1. The Kier molecular flexibility index (Phi) is 3.75. The summed E-state index contributed by atoms with van der Waals surface area (Å²) >= 11 is 1.31. The molecular formula is C12H11F2NO3S. The van der Waals surface area contributed by atoms with Gasteiger partial charge in [-0.3, -0.25) is 4.79 Å². The Bertz CT molecular complexity index is 517. The van der Waals surface area contributed by atoms with Gasteiger partial charge in [-0.2, -0.15) is 0 Å². The number of thioether (sulfide) groups is 1. The van der Waals surface area contributed by atoms with E-state index in [1.54, 1.807) is 6.92 Å². The molecule has 1 aliphatic heterocycles. The lowest BCUT2D eigenvalue weighted by molar-refractivity contribution is -0.141. The Morgan fingerprint density at radius 3 is 2.42 bits per heavy atom. The van der Waals surface area contributed by atoms with Crippen LogP contribution in [0.5, 0.6) is 0 Å². The molecule has 2 rings (SSSR count). The number of carboxylic acid groups (broad SMARTS) is 1. The fourth-order valence-electron chi connectivity index (χ4n) is 1.97. The number of carbonyl (C=O) groups excluding carboxylic acids is 1. The predicted octanol–water partition coefficient (Wildman–Crippen LogP) is 1.95. The topological polar surface area (TPSA) is 57.6 Å². The highest BCUT2D eigenvalue weighted by atomic mass is 32.2. The molecule has 1 aromatic carbocycles. The highest BCUT2D eigenvalue weighted by Crippen LogP contribution is 2.30. The quantitative estimate of drug-likeness (QED) is 0.903. The van der Waals surface area contributed by atoms with Gasteiger partial charge in [-0.25, -0.2) is 13.6 Å². The second kappa shape index (κ2) is 5.16. The molecular weight excluding hydrogens is 276 g/mol. The maximum atomic E-state index is 13.1. The number of hydrogen-bond acceptors (Lipinski definition) is 3. The van der Waals surface area contributed by atoms with Crippen molar-refractivity contribution in [1.82, 2.24) is 4.90 Å². The van der Waals surface area contributed by atoms with Gasteiger partial charge in [0.15, 0.2) is 0 Å². The average molecular weight is 287 g/mol. The smallest absolute Gasteiger partial charge is 0.327 e. The standard InChI is InChI=1S/C12H11F2NO3S/c1-6-15(10(5-19-6)12(17)18)11(16)7-2-8(13)4-9(14)3-7/h2-4,6,10H,5H2,1H3,(H,17,18). The van der Waals surface area contributed by atoms with Gasteiger partial charge in [0.05, 0.1) is 5.37 Å². The first-order valence-electron chi connectivity index (χ1n) is 5.53. The van der Waals surface area contributed by atoms with E-state index in [0.717, 1.165) is 17.0 Å². The monoisotopic (exact) mass is 287 g/mol. The van der Waals surface area contributed by atoms with Crippen LogP contribution in [0.3, 0.4) is 0 Å². The zero-order chi connectivity index (χ0) is 14.2. The van der Waals surface area contributed by atoms with Crippen molar-refractivity contribution >= 4 is 23.6 Å². The number of aliphatic carboxylic acids is 1. The first-order chi connectivity index (χ1) is 8.90. The maximum Gasteiger partial charge on any atom is 0.327 e. The number of benzene rings is 1. The summed E-state index contributed by atoms with van der Waals surface area (Å²) in [4.78, 5) is 24.4. The fourth-order valence-corrected chi connectivity index (χ4v) is 3.13. The van der Waals surface area contributed by atoms with Crippen molar-refractivity contribution in [2.75, 3.05) is 5.75 Å². The first kappa shape index (κ1) is 13.8. The highest BCUT2D eigenvalue weighted by Gasteiger charge is 2.39. The van der Waals surface area contributed by atoms with Gasteiger partial charge in [-0.15, -0.1) is 11.8 Å². The molecule has 1 aromatic rings. The largest absolute Gasteiger partial charge is 0.480 e. The second-order valence-electron chi connectivity index (χ2n) is 4.16. The summed E-state index contributed by atoms with van der Waals surface area (Å²) in [6.07, 6.45) is 0. The Morgan fingerprint density at radius 1 is 1.32 bits per heavy atom.